The molecule has 0 spiro atoms. The fourth-order valence-electron chi connectivity index (χ4n) is 2.61. The molecule has 1 aliphatic heterocycles. The summed E-state index contributed by atoms with van der Waals surface area (Å²) in [6, 6.07) is 17.0. The molecule has 7 heteroatoms. The normalized spacial score (nSPS) is 16.3. The van der Waals surface area contributed by atoms with Crippen molar-refractivity contribution in [1.82, 2.24) is 5.06 Å². The summed E-state index contributed by atoms with van der Waals surface area (Å²) in [5.41, 5.74) is 0.820. The second kappa shape index (κ2) is 8.04. The summed E-state index contributed by atoms with van der Waals surface area (Å²) < 4.78 is 5.69. The van der Waals surface area contributed by atoms with Gasteiger partial charge in [-0.1, -0.05) is 30.3 Å². The number of anilines is 1. The molecule has 1 heterocycles. The molecule has 25 heavy (non-hydrogen) atoms. The molecule has 0 fully saturated rings. The maximum absolute atomic E-state index is 12.8. The SMILES string of the molecule is O=CN(O)CC1Sc2ccccc2N(CCOc2ccccc2)C1=O. The number of carbonyl (C=O) groups excluding carboxylic acids is 2. The van der Waals surface area contributed by atoms with Crippen LogP contribution in [-0.4, -0.2) is 47.5 Å². The molecular weight excluding hydrogens is 340 g/mol. The Morgan fingerprint density at radius 1 is 1.16 bits per heavy atom. The zero-order valence-electron chi connectivity index (χ0n) is 13.4. The average Bonchev–Trinajstić information content (AvgIpc) is 2.65. The van der Waals surface area contributed by atoms with Crippen molar-refractivity contribution in [1.29, 1.82) is 0 Å². The molecule has 0 bridgehead atoms. The summed E-state index contributed by atoms with van der Waals surface area (Å²) in [6.07, 6.45) is 0.303. The molecule has 6 nitrogen and oxygen atoms in total. The number of rotatable bonds is 7. The number of amides is 2. The summed E-state index contributed by atoms with van der Waals surface area (Å²) >= 11 is 1.35. The first kappa shape index (κ1) is 17.3. The maximum Gasteiger partial charge on any atom is 0.242 e. The van der Waals surface area contributed by atoms with Crippen molar-refractivity contribution < 1.29 is 19.5 Å². The maximum atomic E-state index is 12.8. The number of para-hydroxylation sites is 2. The minimum atomic E-state index is -0.554. The number of thioether (sulfide) groups is 1. The minimum Gasteiger partial charge on any atom is -0.492 e. The van der Waals surface area contributed by atoms with Gasteiger partial charge < -0.3 is 9.64 Å². The third-order valence-corrected chi connectivity index (χ3v) is 5.00. The van der Waals surface area contributed by atoms with Crippen LogP contribution >= 0.6 is 11.8 Å². The number of hydrogen-bond donors (Lipinski definition) is 1. The summed E-state index contributed by atoms with van der Waals surface area (Å²) in [5, 5.41) is 9.39. The Balaban J connectivity index is 1.73. The fourth-order valence-corrected chi connectivity index (χ4v) is 3.82. The van der Waals surface area contributed by atoms with Gasteiger partial charge in [0.05, 0.1) is 18.8 Å². The zero-order valence-corrected chi connectivity index (χ0v) is 14.3. The summed E-state index contributed by atoms with van der Waals surface area (Å²) in [6.45, 7) is 0.670. The lowest BCUT2D eigenvalue weighted by atomic mass is 10.2. The highest BCUT2D eigenvalue weighted by Gasteiger charge is 2.34. The van der Waals surface area contributed by atoms with Crippen molar-refractivity contribution in [3.8, 4) is 5.75 Å². The van der Waals surface area contributed by atoms with Crippen LogP contribution in [0.15, 0.2) is 59.5 Å². The molecule has 2 aromatic carbocycles. The molecule has 0 saturated heterocycles. The topological polar surface area (TPSA) is 70.1 Å². The summed E-state index contributed by atoms with van der Waals surface area (Å²) in [4.78, 5) is 26.0. The van der Waals surface area contributed by atoms with Gasteiger partial charge in [-0.05, 0) is 24.3 Å². The van der Waals surface area contributed by atoms with Gasteiger partial charge in [0.15, 0.2) is 0 Å². The van der Waals surface area contributed by atoms with Crippen LogP contribution in [0.3, 0.4) is 0 Å². The molecule has 130 valence electrons. The Morgan fingerprint density at radius 3 is 2.64 bits per heavy atom. The molecule has 0 aliphatic carbocycles. The van der Waals surface area contributed by atoms with Crippen LogP contribution in [0.2, 0.25) is 0 Å². The Morgan fingerprint density at radius 2 is 1.88 bits per heavy atom. The summed E-state index contributed by atoms with van der Waals surface area (Å²) in [5.74, 6) is 0.593. The van der Waals surface area contributed by atoms with Crippen molar-refractivity contribution in [3.05, 3.63) is 54.6 Å². The lowest BCUT2D eigenvalue weighted by molar-refractivity contribution is -0.150. The van der Waals surface area contributed by atoms with E-state index >= 15 is 0 Å². The predicted molar refractivity (Wildman–Crippen MR) is 94.9 cm³/mol. The van der Waals surface area contributed by atoms with Gasteiger partial charge in [0, 0.05) is 4.90 Å². The standard InChI is InChI=1S/C18H18N2O4S/c21-13-19(23)12-17-18(22)20(15-8-4-5-9-16(15)25-17)10-11-24-14-6-2-1-3-7-14/h1-9,13,17,23H,10-12H2. The molecule has 0 saturated carbocycles. The Hall–Kier alpha value is -2.51. The van der Waals surface area contributed by atoms with E-state index in [1.165, 1.54) is 11.8 Å². The van der Waals surface area contributed by atoms with Gasteiger partial charge in [0.1, 0.15) is 17.6 Å². The molecular formula is C18H18N2O4S. The first-order valence-corrected chi connectivity index (χ1v) is 8.72. The highest BCUT2D eigenvalue weighted by Crippen LogP contribution is 2.39. The fraction of sp³-hybridized carbons (Fsp3) is 0.222. The van der Waals surface area contributed by atoms with Gasteiger partial charge in [0.25, 0.3) is 0 Å². The number of fused-ring (bicyclic) bond motifs is 1. The van der Waals surface area contributed by atoms with E-state index in [0.29, 0.717) is 24.6 Å². The predicted octanol–water partition coefficient (Wildman–Crippen LogP) is 2.42. The van der Waals surface area contributed by atoms with E-state index in [0.717, 1.165) is 16.3 Å². The number of benzene rings is 2. The van der Waals surface area contributed by atoms with E-state index in [-0.39, 0.29) is 12.5 Å². The third kappa shape index (κ3) is 4.12. The van der Waals surface area contributed by atoms with Crippen LogP contribution in [0.5, 0.6) is 5.75 Å². The number of carbonyl (C=O) groups is 2. The van der Waals surface area contributed by atoms with Gasteiger partial charge in [-0.3, -0.25) is 14.8 Å². The van der Waals surface area contributed by atoms with Crippen LogP contribution in [0, 0.1) is 0 Å². The largest absolute Gasteiger partial charge is 0.492 e. The molecule has 3 rings (SSSR count). The highest BCUT2D eigenvalue weighted by atomic mass is 32.2. The number of hydrogen-bond acceptors (Lipinski definition) is 5. The van der Waals surface area contributed by atoms with Crippen molar-refractivity contribution >= 4 is 29.8 Å². The van der Waals surface area contributed by atoms with E-state index in [1.54, 1.807) is 4.90 Å². The number of ether oxygens (including phenoxy) is 1. The zero-order chi connectivity index (χ0) is 17.6. The van der Waals surface area contributed by atoms with Crippen molar-refractivity contribution in [3.63, 3.8) is 0 Å². The van der Waals surface area contributed by atoms with Crippen LogP contribution in [0.25, 0.3) is 0 Å². The lowest BCUT2D eigenvalue weighted by Crippen LogP contribution is -2.46. The Labute approximate surface area is 149 Å². The Bertz CT molecular complexity index is 741. The van der Waals surface area contributed by atoms with Gasteiger partial charge in [-0.25, -0.2) is 5.06 Å². The minimum absolute atomic E-state index is 0.0582. The highest BCUT2D eigenvalue weighted by molar-refractivity contribution is 8.01. The third-order valence-electron chi connectivity index (χ3n) is 3.77. The van der Waals surface area contributed by atoms with E-state index in [1.807, 2.05) is 54.6 Å². The number of nitrogens with zero attached hydrogens (tertiary/aromatic N) is 2. The van der Waals surface area contributed by atoms with Gasteiger partial charge in [-0.15, -0.1) is 11.8 Å². The first-order chi connectivity index (χ1) is 12.2. The van der Waals surface area contributed by atoms with E-state index in [2.05, 4.69) is 0 Å². The van der Waals surface area contributed by atoms with Gasteiger partial charge >= 0.3 is 0 Å². The van der Waals surface area contributed by atoms with Crippen molar-refractivity contribution in [2.45, 2.75) is 10.1 Å². The average molecular weight is 358 g/mol. The lowest BCUT2D eigenvalue weighted by Gasteiger charge is -2.34. The first-order valence-electron chi connectivity index (χ1n) is 7.85. The second-order valence-corrected chi connectivity index (χ2v) is 6.70. The van der Waals surface area contributed by atoms with E-state index in [4.69, 9.17) is 4.74 Å². The van der Waals surface area contributed by atoms with Crippen LogP contribution in [-0.2, 0) is 9.59 Å². The molecule has 1 atom stereocenters. The smallest absolute Gasteiger partial charge is 0.242 e. The molecule has 0 radical (unpaired) electrons. The monoisotopic (exact) mass is 358 g/mol. The molecule has 2 aromatic rings. The van der Waals surface area contributed by atoms with E-state index < -0.39 is 5.25 Å². The second-order valence-electron chi connectivity index (χ2n) is 5.45. The van der Waals surface area contributed by atoms with E-state index in [9.17, 15) is 14.8 Å². The number of hydroxylamine groups is 2. The van der Waals surface area contributed by atoms with Crippen molar-refractivity contribution in [2.24, 2.45) is 0 Å². The molecule has 2 amide bonds. The van der Waals surface area contributed by atoms with Crippen LogP contribution in [0.1, 0.15) is 0 Å². The molecule has 1 aliphatic rings. The Kier molecular flexibility index (Phi) is 5.57. The van der Waals surface area contributed by atoms with Crippen molar-refractivity contribution in [2.75, 3.05) is 24.6 Å². The quantitative estimate of drug-likeness (QED) is 0.468. The summed E-state index contributed by atoms with van der Waals surface area (Å²) in [7, 11) is 0. The van der Waals surface area contributed by atoms with Crippen LogP contribution in [0.4, 0.5) is 5.69 Å². The molecule has 1 unspecified atom stereocenters. The van der Waals surface area contributed by atoms with Crippen LogP contribution < -0.4 is 9.64 Å². The van der Waals surface area contributed by atoms with Gasteiger partial charge in [0.2, 0.25) is 12.3 Å². The molecule has 0 aromatic heterocycles. The molecule has 1 N–H and O–H groups in total. The van der Waals surface area contributed by atoms with Gasteiger partial charge in [-0.2, -0.15) is 0 Å².